The first-order valence-electron chi connectivity index (χ1n) is 17.5. The van der Waals surface area contributed by atoms with Crippen LogP contribution < -0.4 is 15.4 Å². The lowest BCUT2D eigenvalue weighted by Crippen LogP contribution is -2.45. The van der Waals surface area contributed by atoms with Crippen LogP contribution in [0.15, 0.2) is 90.9 Å². The van der Waals surface area contributed by atoms with Gasteiger partial charge in [0, 0.05) is 74.8 Å². The summed E-state index contributed by atoms with van der Waals surface area (Å²) in [5, 5.41) is 6.33. The molecule has 276 valence electrons. The lowest BCUT2D eigenvalue weighted by Gasteiger charge is -2.36. The van der Waals surface area contributed by atoms with Crippen LogP contribution in [0.4, 0.5) is 0 Å². The number of nitrogens with one attached hydrogen (secondary N) is 2. The van der Waals surface area contributed by atoms with Crippen LogP contribution in [-0.4, -0.2) is 109 Å². The Labute approximate surface area is 315 Å². The predicted molar refractivity (Wildman–Crippen MR) is 199 cm³/mol. The molecule has 1 unspecified atom stereocenters. The molecule has 4 aromatic heterocycles. The number of ether oxygens (including phenoxy) is 1. The van der Waals surface area contributed by atoms with Gasteiger partial charge in [-0.25, -0.2) is 19.9 Å². The second-order valence-electron chi connectivity index (χ2n) is 12.6. The van der Waals surface area contributed by atoms with Gasteiger partial charge in [0.1, 0.15) is 23.4 Å². The van der Waals surface area contributed by atoms with Crippen molar-refractivity contribution < 1.29 is 23.9 Å². The van der Waals surface area contributed by atoms with Gasteiger partial charge in [0.25, 0.3) is 11.8 Å². The molecule has 5 aromatic rings. The average Bonchev–Trinajstić information content (AvgIpc) is 3.61. The Kier molecular flexibility index (Phi) is 11.2. The molecule has 2 N–H and O–H groups in total. The monoisotopic (exact) mass is 746 g/mol. The van der Waals surface area contributed by atoms with Crippen LogP contribution in [0.1, 0.15) is 50.1 Å². The molecule has 15 nitrogen and oxygen atoms in total. The van der Waals surface area contributed by atoms with Gasteiger partial charge in [-0.1, -0.05) is 12.1 Å². The van der Waals surface area contributed by atoms with Crippen molar-refractivity contribution in [2.45, 2.75) is 30.5 Å². The van der Waals surface area contributed by atoms with E-state index in [9.17, 15) is 19.2 Å². The lowest BCUT2D eigenvalue weighted by atomic mass is 9.94. The molecule has 0 saturated carbocycles. The van der Waals surface area contributed by atoms with E-state index in [-0.39, 0.29) is 49.8 Å². The molecule has 2 aliphatic heterocycles. The average molecular weight is 747 g/mol. The largest absolute Gasteiger partial charge is 0.494 e. The van der Waals surface area contributed by atoms with Gasteiger partial charge in [-0.3, -0.25) is 24.2 Å². The SMILES string of the molecule is CSc1ncccc1C(=O)N1CCNC(=O)Cn2cnc3c2CCN(C(=O)c2cnc(-c4ccncc4)nc2)C3c2cccc(c2)OCCCNC(=O)C1. The molecule has 16 heteroatoms. The number of amides is 4. The van der Waals surface area contributed by atoms with Crippen molar-refractivity contribution in [3.8, 4) is 17.1 Å². The number of nitrogens with zero attached hydrogens (tertiary/aromatic N) is 8. The molecular formula is C38H38N10O5S. The highest BCUT2D eigenvalue weighted by atomic mass is 32.2. The van der Waals surface area contributed by atoms with Gasteiger partial charge >= 0.3 is 0 Å². The zero-order valence-electron chi connectivity index (χ0n) is 29.6. The molecule has 0 saturated heterocycles. The molecule has 1 atom stereocenters. The number of imidazole rings is 1. The summed E-state index contributed by atoms with van der Waals surface area (Å²) in [5.74, 6) is -0.156. The number of carbonyl (C=O) groups excluding carboxylic acids is 4. The Morgan fingerprint density at radius 2 is 1.67 bits per heavy atom. The summed E-state index contributed by atoms with van der Waals surface area (Å²) in [4.78, 5) is 79.3. The van der Waals surface area contributed by atoms with E-state index in [2.05, 4.69) is 30.6 Å². The van der Waals surface area contributed by atoms with Crippen LogP contribution in [-0.2, 0) is 22.6 Å². The number of thioether (sulfide) groups is 1. The van der Waals surface area contributed by atoms with Crippen LogP contribution in [0.2, 0.25) is 0 Å². The van der Waals surface area contributed by atoms with E-state index in [1.807, 2.05) is 30.5 Å². The topological polar surface area (TPSA) is 177 Å². The smallest absolute Gasteiger partial charge is 0.257 e. The fraction of sp³-hybridized carbons (Fsp3) is 0.289. The maximum atomic E-state index is 14.2. The van der Waals surface area contributed by atoms with Gasteiger partial charge in [0.15, 0.2) is 5.82 Å². The first-order chi connectivity index (χ1) is 26.4. The number of benzene rings is 1. The van der Waals surface area contributed by atoms with Gasteiger partial charge < -0.3 is 29.7 Å². The third-order valence-electron chi connectivity index (χ3n) is 9.16. The molecule has 0 fully saturated rings. The number of pyridine rings is 2. The third-order valence-corrected chi connectivity index (χ3v) is 9.87. The van der Waals surface area contributed by atoms with Crippen LogP contribution in [0.3, 0.4) is 0 Å². The van der Waals surface area contributed by atoms with Gasteiger partial charge in [-0.2, -0.15) is 0 Å². The molecule has 0 radical (unpaired) electrons. The van der Waals surface area contributed by atoms with Gasteiger partial charge in [0.2, 0.25) is 11.8 Å². The fourth-order valence-corrected chi connectivity index (χ4v) is 7.09. The van der Waals surface area contributed by atoms with E-state index in [0.29, 0.717) is 66.0 Å². The molecule has 2 aliphatic rings. The molecule has 0 aliphatic carbocycles. The molecule has 1 aromatic carbocycles. The number of hydrogen-bond acceptors (Lipinski definition) is 11. The van der Waals surface area contributed by atoms with Crippen molar-refractivity contribution in [1.29, 1.82) is 0 Å². The summed E-state index contributed by atoms with van der Waals surface area (Å²) in [7, 11) is 0. The zero-order valence-corrected chi connectivity index (χ0v) is 30.4. The molecule has 6 bridgehead atoms. The van der Waals surface area contributed by atoms with Crippen molar-refractivity contribution in [2.75, 3.05) is 45.6 Å². The van der Waals surface area contributed by atoms with E-state index >= 15 is 0 Å². The fourth-order valence-electron chi connectivity index (χ4n) is 6.55. The van der Waals surface area contributed by atoms with Crippen LogP contribution in [0.25, 0.3) is 11.4 Å². The van der Waals surface area contributed by atoms with Crippen molar-refractivity contribution in [2.24, 2.45) is 0 Å². The molecule has 6 heterocycles. The van der Waals surface area contributed by atoms with E-state index in [1.165, 1.54) is 29.1 Å². The predicted octanol–water partition coefficient (Wildman–Crippen LogP) is 2.80. The first-order valence-corrected chi connectivity index (χ1v) is 18.7. The van der Waals surface area contributed by atoms with Crippen LogP contribution >= 0.6 is 11.8 Å². The molecule has 0 spiro atoms. The van der Waals surface area contributed by atoms with Crippen molar-refractivity contribution in [1.82, 2.24) is 49.9 Å². The van der Waals surface area contributed by atoms with Gasteiger partial charge in [-0.15, -0.1) is 11.8 Å². The lowest BCUT2D eigenvalue weighted by molar-refractivity contribution is -0.121. The number of rotatable bonds is 4. The van der Waals surface area contributed by atoms with Gasteiger partial charge in [0.05, 0.1) is 36.3 Å². The van der Waals surface area contributed by atoms with E-state index in [0.717, 1.165) is 16.8 Å². The molecule has 7 rings (SSSR count). The second-order valence-corrected chi connectivity index (χ2v) is 13.4. The van der Waals surface area contributed by atoms with Crippen molar-refractivity contribution >= 4 is 35.4 Å². The standard InChI is InChI=1S/C38H38N10O5S/c1-54-36-29(7-3-11-42-36)38(52)46-17-15-41-32(50)23-47-24-45-33-30(47)10-16-48(37(51)27-20-43-35(44-21-27)25-8-13-39-14-9-25)34(33)26-5-2-6-28(19-26)53-18-4-12-40-31(49)22-46/h2-3,5-9,11,13-14,19-21,24,34H,4,10,12,15-18,22-23H2,1H3,(H,40,49)(H,41,50). The maximum absolute atomic E-state index is 14.2. The Balaban J connectivity index is 1.15. The van der Waals surface area contributed by atoms with Crippen LogP contribution in [0.5, 0.6) is 5.75 Å². The quantitative estimate of drug-likeness (QED) is 0.259. The highest BCUT2D eigenvalue weighted by Gasteiger charge is 2.36. The zero-order chi connectivity index (χ0) is 37.4. The minimum atomic E-state index is -0.586. The number of fused-ring (bicyclic) bond motifs is 3. The van der Waals surface area contributed by atoms with Gasteiger partial charge in [-0.05, 0) is 54.6 Å². The van der Waals surface area contributed by atoms with Crippen molar-refractivity contribution in [3.05, 3.63) is 114 Å². The molecule has 54 heavy (non-hydrogen) atoms. The molecular weight excluding hydrogens is 709 g/mol. The van der Waals surface area contributed by atoms with Crippen LogP contribution in [0, 0.1) is 0 Å². The Bertz CT molecular complexity index is 2150. The molecule has 4 amide bonds. The minimum absolute atomic E-state index is 0.0237. The van der Waals surface area contributed by atoms with E-state index < -0.39 is 6.04 Å². The summed E-state index contributed by atoms with van der Waals surface area (Å²) in [6, 6.07) is 13.9. The van der Waals surface area contributed by atoms with Crippen molar-refractivity contribution in [3.63, 3.8) is 0 Å². The summed E-state index contributed by atoms with van der Waals surface area (Å²) >= 11 is 1.34. The second kappa shape index (κ2) is 16.7. The Morgan fingerprint density at radius 1 is 0.870 bits per heavy atom. The summed E-state index contributed by atoms with van der Waals surface area (Å²) < 4.78 is 7.90. The number of hydrogen-bond donors (Lipinski definition) is 2. The minimum Gasteiger partial charge on any atom is -0.494 e. The summed E-state index contributed by atoms with van der Waals surface area (Å²) in [6.45, 7) is 1.01. The van der Waals surface area contributed by atoms with E-state index in [4.69, 9.17) is 9.72 Å². The maximum Gasteiger partial charge on any atom is 0.257 e. The normalized spacial score (nSPS) is 16.8. The highest BCUT2D eigenvalue weighted by molar-refractivity contribution is 7.98. The highest BCUT2D eigenvalue weighted by Crippen LogP contribution is 2.36. The number of carbonyl (C=O) groups is 4. The Morgan fingerprint density at radius 3 is 2.48 bits per heavy atom. The van der Waals surface area contributed by atoms with E-state index in [1.54, 1.807) is 58.7 Å². The summed E-state index contributed by atoms with van der Waals surface area (Å²) in [6.07, 6.45) is 12.4. The summed E-state index contributed by atoms with van der Waals surface area (Å²) in [5.41, 5.74) is 3.78. The number of aromatic nitrogens is 6. The third kappa shape index (κ3) is 8.07. The first kappa shape index (κ1) is 36.2. The Hall–Kier alpha value is -6.16.